The van der Waals surface area contributed by atoms with E-state index in [1.807, 2.05) is 0 Å². The normalized spacial score (nSPS) is 11.8. The Morgan fingerprint density at radius 3 is 2.65 bits per heavy atom. The molecule has 0 saturated heterocycles. The van der Waals surface area contributed by atoms with E-state index in [0.29, 0.717) is 18.6 Å². The van der Waals surface area contributed by atoms with Crippen molar-refractivity contribution >= 4 is 5.69 Å². The van der Waals surface area contributed by atoms with E-state index in [1.54, 1.807) is 30.4 Å². The van der Waals surface area contributed by atoms with E-state index in [9.17, 15) is 10.1 Å². The van der Waals surface area contributed by atoms with Crippen LogP contribution in [-0.2, 0) is 4.74 Å². The maximum Gasteiger partial charge on any atom is 0.275 e. The summed E-state index contributed by atoms with van der Waals surface area (Å²) < 4.78 is 5.51. The molecule has 0 spiro atoms. The molecular weight excluding hydrogens is 218 g/mol. The van der Waals surface area contributed by atoms with Gasteiger partial charge in [0.15, 0.2) is 0 Å². The number of hydrogen-bond donors (Lipinski definition) is 0. The van der Waals surface area contributed by atoms with E-state index in [4.69, 9.17) is 4.74 Å². The van der Waals surface area contributed by atoms with Crippen LogP contribution < -0.4 is 0 Å². The Balaban J connectivity index is 3.03. The third kappa shape index (κ3) is 3.53. The quantitative estimate of drug-likeness (QED) is 0.412. The third-order valence-electron chi connectivity index (χ3n) is 2.28. The van der Waals surface area contributed by atoms with Gasteiger partial charge in [-0.15, -0.1) is 13.2 Å². The molecule has 0 radical (unpaired) electrons. The second-order valence-corrected chi connectivity index (χ2v) is 3.45. The standard InChI is InChI=1S/C13H15NO3/c1-3-7-13(17-10-4-2)11-8-5-6-9-12(11)14(15)16/h3-6,8-9,13H,1-2,7,10H2. The molecule has 1 atom stereocenters. The van der Waals surface area contributed by atoms with Crippen LogP contribution in [0.2, 0.25) is 0 Å². The molecule has 0 fully saturated rings. The Morgan fingerprint density at radius 1 is 1.35 bits per heavy atom. The Bertz CT molecular complexity index is 415. The molecule has 4 heteroatoms. The summed E-state index contributed by atoms with van der Waals surface area (Å²) in [5, 5.41) is 10.9. The van der Waals surface area contributed by atoms with Crippen molar-refractivity contribution in [3.63, 3.8) is 0 Å². The molecule has 1 unspecified atom stereocenters. The highest BCUT2D eigenvalue weighted by atomic mass is 16.6. The monoisotopic (exact) mass is 233 g/mol. The summed E-state index contributed by atoms with van der Waals surface area (Å²) in [5.74, 6) is 0. The summed E-state index contributed by atoms with van der Waals surface area (Å²) in [6, 6.07) is 6.58. The van der Waals surface area contributed by atoms with E-state index < -0.39 is 4.92 Å². The first-order valence-corrected chi connectivity index (χ1v) is 5.27. The van der Waals surface area contributed by atoms with Gasteiger partial charge < -0.3 is 4.74 Å². The molecule has 0 bridgehead atoms. The fraction of sp³-hybridized carbons (Fsp3) is 0.231. The van der Waals surface area contributed by atoms with E-state index in [0.717, 1.165) is 0 Å². The van der Waals surface area contributed by atoms with Gasteiger partial charge >= 0.3 is 0 Å². The van der Waals surface area contributed by atoms with Gasteiger partial charge in [0.2, 0.25) is 0 Å². The Kier molecular flexibility index (Phi) is 5.10. The lowest BCUT2D eigenvalue weighted by atomic mass is 10.0. The number of hydrogen-bond acceptors (Lipinski definition) is 3. The lowest BCUT2D eigenvalue weighted by molar-refractivity contribution is -0.386. The number of ether oxygens (including phenoxy) is 1. The van der Waals surface area contributed by atoms with Crippen molar-refractivity contribution < 1.29 is 9.66 Å². The van der Waals surface area contributed by atoms with E-state index in [1.165, 1.54) is 6.07 Å². The van der Waals surface area contributed by atoms with Crippen LogP contribution in [0, 0.1) is 10.1 Å². The summed E-state index contributed by atoms with van der Waals surface area (Å²) in [6.45, 7) is 7.54. The molecule has 4 nitrogen and oxygen atoms in total. The SMILES string of the molecule is C=CCOC(CC=C)c1ccccc1[N+](=O)[O-]. The molecule has 0 aliphatic carbocycles. The Labute approximate surface area is 100 Å². The maximum atomic E-state index is 10.9. The molecule has 17 heavy (non-hydrogen) atoms. The van der Waals surface area contributed by atoms with Crippen LogP contribution in [0.4, 0.5) is 5.69 Å². The summed E-state index contributed by atoms with van der Waals surface area (Å²) in [5.41, 5.74) is 0.641. The third-order valence-corrected chi connectivity index (χ3v) is 2.28. The van der Waals surface area contributed by atoms with Gasteiger partial charge in [-0.1, -0.05) is 24.3 Å². The minimum Gasteiger partial charge on any atom is -0.369 e. The number of benzene rings is 1. The first-order valence-electron chi connectivity index (χ1n) is 5.27. The van der Waals surface area contributed by atoms with Crippen LogP contribution in [0.25, 0.3) is 0 Å². The molecule has 0 aliphatic rings. The van der Waals surface area contributed by atoms with Gasteiger partial charge in [-0.3, -0.25) is 10.1 Å². The highest BCUT2D eigenvalue weighted by Gasteiger charge is 2.20. The average molecular weight is 233 g/mol. The van der Waals surface area contributed by atoms with Crippen molar-refractivity contribution in [3.05, 3.63) is 65.3 Å². The summed E-state index contributed by atoms with van der Waals surface area (Å²) in [6.07, 6.45) is 3.47. The smallest absolute Gasteiger partial charge is 0.275 e. The van der Waals surface area contributed by atoms with Crippen molar-refractivity contribution in [3.8, 4) is 0 Å². The molecule has 1 aromatic carbocycles. The van der Waals surface area contributed by atoms with E-state index in [-0.39, 0.29) is 11.8 Å². The van der Waals surface area contributed by atoms with Gasteiger partial charge in [-0.25, -0.2) is 0 Å². The highest BCUT2D eigenvalue weighted by Crippen LogP contribution is 2.29. The Hall–Kier alpha value is -1.94. The summed E-state index contributed by atoms with van der Waals surface area (Å²) in [4.78, 5) is 10.5. The number of nitro groups is 1. The fourth-order valence-electron chi connectivity index (χ4n) is 1.55. The van der Waals surface area contributed by atoms with Crippen molar-refractivity contribution in [1.82, 2.24) is 0 Å². The first kappa shape index (κ1) is 13.1. The average Bonchev–Trinajstić information content (AvgIpc) is 2.34. The molecule has 0 saturated carbocycles. The Morgan fingerprint density at radius 2 is 2.06 bits per heavy atom. The molecule has 0 N–H and O–H groups in total. The molecule has 90 valence electrons. The zero-order valence-corrected chi connectivity index (χ0v) is 9.54. The number of nitro benzene ring substituents is 1. The fourth-order valence-corrected chi connectivity index (χ4v) is 1.55. The topological polar surface area (TPSA) is 52.4 Å². The molecule has 1 rings (SSSR count). The van der Waals surface area contributed by atoms with Gasteiger partial charge in [0.25, 0.3) is 5.69 Å². The van der Waals surface area contributed by atoms with Crippen LogP contribution in [0.3, 0.4) is 0 Å². The van der Waals surface area contributed by atoms with Crippen molar-refractivity contribution in [2.75, 3.05) is 6.61 Å². The van der Waals surface area contributed by atoms with Crippen molar-refractivity contribution in [2.45, 2.75) is 12.5 Å². The van der Waals surface area contributed by atoms with Crippen LogP contribution in [0.5, 0.6) is 0 Å². The second-order valence-electron chi connectivity index (χ2n) is 3.45. The van der Waals surface area contributed by atoms with Crippen molar-refractivity contribution in [1.29, 1.82) is 0 Å². The largest absolute Gasteiger partial charge is 0.369 e. The summed E-state index contributed by atoms with van der Waals surface area (Å²) in [7, 11) is 0. The molecule has 0 heterocycles. The van der Waals surface area contributed by atoms with Gasteiger partial charge in [0.05, 0.1) is 23.2 Å². The van der Waals surface area contributed by atoms with Crippen LogP contribution in [0.1, 0.15) is 18.1 Å². The number of para-hydroxylation sites is 1. The lowest BCUT2D eigenvalue weighted by Gasteiger charge is -2.15. The highest BCUT2D eigenvalue weighted by molar-refractivity contribution is 5.41. The van der Waals surface area contributed by atoms with E-state index in [2.05, 4.69) is 13.2 Å². The first-order chi connectivity index (χ1) is 8.20. The predicted octanol–water partition coefficient (Wildman–Crippen LogP) is 3.41. The zero-order valence-electron chi connectivity index (χ0n) is 9.54. The van der Waals surface area contributed by atoms with Crippen LogP contribution in [0.15, 0.2) is 49.6 Å². The minimum atomic E-state index is -0.400. The van der Waals surface area contributed by atoms with Crippen molar-refractivity contribution in [2.24, 2.45) is 0 Å². The molecule has 0 aromatic heterocycles. The van der Waals surface area contributed by atoms with Crippen LogP contribution >= 0.6 is 0 Å². The molecular formula is C13H15NO3. The van der Waals surface area contributed by atoms with E-state index >= 15 is 0 Å². The van der Waals surface area contributed by atoms with Gasteiger partial charge in [0, 0.05) is 6.07 Å². The maximum absolute atomic E-state index is 10.9. The van der Waals surface area contributed by atoms with Gasteiger partial charge in [-0.05, 0) is 12.5 Å². The number of rotatable bonds is 7. The number of nitrogens with zero attached hydrogens (tertiary/aromatic N) is 1. The van der Waals surface area contributed by atoms with Gasteiger partial charge in [0.1, 0.15) is 0 Å². The molecule has 0 amide bonds. The second kappa shape index (κ2) is 6.60. The summed E-state index contributed by atoms with van der Waals surface area (Å²) >= 11 is 0. The van der Waals surface area contributed by atoms with Crippen LogP contribution in [-0.4, -0.2) is 11.5 Å². The van der Waals surface area contributed by atoms with Gasteiger partial charge in [-0.2, -0.15) is 0 Å². The lowest BCUT2D eigenvalue weighted by Crippen LogP contribution is -2.06. The zero-order chi connectivity index (χ0) is 12.7. The predicted molar refractivity (Wildman–Crippen MR) is 66.8 cm³/mol. The molecule has 0 aliphatic heterocycles. The minimum absolute atomic E-state index is 0.0726. The molecule has 1 aromatic rings.